The quantitative estimate of drug-likeness (QED) is 0.775. The molecule has 5 nitrogen and oxygen atoms in total. The Labute approximate surface area is 116 Å². The minimum atomic E-state index is -0.144. The monoisotopic (exact) mass is 266 g/mol. The highest BCUT2D eigenvalue weighted by Gasteiger charge is 2.09. The van der Waals surface area contributed by atoms with E-state index in [1.807, 2.05) is 38.1 Å². The third-order valence-electron chi connectivity index (χ3n) is 3.23. The van der Waals surface area contributed by atoms with Gasteiger partial charge >= 0.3 is 0 Å². The number of aryl methyl sites for hydroxylation is 2. The third-order valence-corrected chi connectivity index (χ3v) is 3.23. The maximum absolute atomic E-state index is 12.3. The van der Waals surface area contributed by atoms with Crippen molar-refractivity contribution in [2.24, 2.45) is 0 Å². The molecule has 2 aromatic heterocycles. The second-order valence-corrected chi connectivity index (χ2v) is 4.66. The van der Waals surface area contributed by atoms with Crippen LogP contribution in [0.25, 0.3) is 5.65 Å². The van der Waals surface area contributed by atoms with Gasteiger partial charge in [0.1, 0.15) is 5.82 Å². The van der Waals surface area contributed by atoms with E-state index in [-0.39, 0.29) is 5.91 Å². The maximum atomic E-state index is 12.3. The number of para-hydroxylation sites is 1. The van der Waals surface area contributed by atoms with Crippen LogP contribution in [0, 0.1) is 13.8 Å². The lowest BCUT2D eigenvalue weighted by molar-refractivity contribution is 0.102. The van der Waals surface area contributed by atoms with Crippen molar-refractivity contribution in [3.63, 3.8) is 0 Å². The maximum Gasteiger partial charge on any atom is 0.257 e. The smallest absolute Gasteiger partial charge is 0.257 e. The topological polar surface area (TPSA) is 59.3 Å². The summed E-state index contributed by atoms with van der Waals surface area (Å²) < 4.78 is 1.80. The number of pyridine rings is 1. The van der Waals surface area contributed by atoms with Crippen LogP contribution >= 0.6 is 0 Å². The average Bonchev–Trinajstić information content (AvgIpc) is 2.82. The number of nitrogens with zero attached hydrogens (tertiary/aromatic N) is 3. The number of amides is 1. The van der Waals surface area contributed by atoms with Crippen LogP contribution in [-0.2, 0) is 0 Å². The second kappa shape index (κ2) is 4.77. The van der Waals surface area contributed by atoms with Gasteiger partial charge in [0.2, 0.25) is 0 Å². The van der Waals surface area contributed by atoms with Crippen molar-refractivity contribution < 1.29 is 4.79 Å². The fraction of sp³-hybridized carbons (Fsp3) is 0.133. The highest BCUT2D eigenvalue weighted by atomic mass is 16.1. The number of anilines is 1. The zero-order chi connectivity index (χ0) is 14.1. The highest BCUT2D eigenvalue weighted by molar-refractivity contribution is 6.04. The summed E-state index contributed by atoms with van der Waals surface area (Å²) in [5, 5.41) is 10.9. The fourth-order valence-electron chi connectivity index (χ4n) is 2.05. The number of carbonyl (C=O) groups excluding carboxylic acids is 1. The molecule has 0 saturated heterocycles. The highest BCUT2D eigenvalue weighted by Crippen LogP contribution is 2.15. The molecule has 5 heteroatoms. The Morgan fingerprint density at radius 3 is 2.70 bits per heavy atom. The lowest BCUT2D eigenvalue weighted by Gasteiger charge is -2.08. The lowest BCUT2D eigenvalue weighted by Crippen LogP contribution is -2.13. The van der Waals surface area contributed by atoms with E-state index in [1.165, 1.54) is 0 Å². The number of hydrogen-bond acceptors (Lipinski definition) is 3. The van der Waals surface area contributed by atoms with Crippen molar-refractivity contribution in [3.8, 4) is 0 Å². The molecule has 1 N–H and O–H groups in total. The Morgan fingerprint density at radius 2 is 1.90 bits per heavy atom. The number of aromatic nitrogens is 3. The molecular formula is C15H14N4O. The molecular weight excluding hydrogens is 252 g/mol. The van der Waals surface area contributed by atoms with E-state index < -0.39 is 0 Å². The molecule has 0 aliphatic rings. The minimum Gasteiger partial charge on any atom is -0.322 e. The number of nitrogens with one attached hydrogen (secondary N) is 1. The van der Waals surface area contributed by atoms with E-state index in [0.29, 0.717) is 5.56 Å². The van der Waals surface area contributed by atoms with Crippen LogP contribution in [0.5, 0.6) is 0 Å². The summed E-state index contributed by atoms with van der Waals surface area (Å²) in [7, 11) is 0. The van der Waals surface area contributed by atoms with Crippen LogP contribution < -0.4 is 5.32 Å². The van der Waals surface area contributed by atoms with Crippen LogP contribution in [0.3, 0.4) is 0 Å². The summed E-state index contributed by atoms with van der Waals surface area (Å²) in [6.45, 7) is 3.81. The van der Waals surface area contributed by atoms with Gasteiger partial charge in [0, 0.05) is 11.9 Å². The predicted octanol–water partition coefficient (Wildman–Crippen LogP) is 2.60. The molecule has 2 heterocycles. The Kier molecular flexibility index (Phi) is 2.95. The number of carbonyl (C=O) groups is 1. The average molecular weight is 266 g/mol. The number of benzene rings is 1. The van der Waals surface area contributed by atoms with Crippen molar-refractivity contribution in [1.82, 2.24) is 14.6 Å². The summed E-state index contributed by atoms with van der Waals surface area (Å²) in [6.07, 6.45) is 1.75. The van der Waals surface area contributed by atoms with Gasteiger partial charge in [-0.1, -0.05) is 18.2 Å². The molecule has 0 aliphatic heterocycles. The van der Waals surface area contributed by atoms with Crippen molar-refractivity contribution >= 4 is 17.2 Å². The first-order chi connectivity index (χ1) is 9.65. The van der Waals surface area contributed by atoms with Gasteiger partial charge in [-0.15, -0.1) is 10.2 Å². The first kappa shape index (κ1) is 12.3. The third kappa shape index (κ3) is 2.14. The molecule has 0 bridgehead atoms. The van der Waals surface area contributed by atoms with Crippen LogP contribution in [-0.4, -0.2) is 20.5 Å². The summed E-state index contributed by atoms with van der Waals surface area (Å²) in [5.74, 6) is 0.611. The Morgan fingerprint density at radius 1 is 1.10 bits per heavy atom. The molecule has 1 aromatic carbocycles. The SMILES string of the molecule is Cc1ccccc1NC(=O)c1ccc2nnc(C)n2c1. The standard InChI is InChI=1S/C15H14N4O/c1-10-5-3-4-6-13(10)16-15(20)12-7-8-14-18-17-11(2)19(14)9-12/h3-9H,1-2H3,(H,16,20). The van der Waals surface area contributed by atoms with E-state index >= 15 is 0 Å². The van der Waals surface area contributed by atoms with Gasteiger partial charge in [0.15, 0.2) is 5.65 Å². The first-order valence-corrected chi connectivity index (χ1v) is 6.33. The van der Waals surface area contributed by atoms with Gasteiger partial charge in [-0.05, 0) is 37.6 Å². The minimum absolute atomic E-state index is 0.144. The summed E-state index contributed by atoms with van der Waals surface area (Å²) in [5.41, 5.74) is 3.15. The van der Waals surface area contributed by atoms with Crippen molar-refractivity contribution in [3.05, 3.63) is 59.5 Å². The summed E-state index contributed by atoms with van der Waals surface area (Å²) >= 11 is 0. The Bertz CT molecular complexity index is 791. The van der Waals surface area contributed by atoms with Crippen molar-refractivity contribution in [2.75, 3.05) is 5.32 Å². The molecule has 100 valence electrons. The van der Waals surface area contributed by atoms with E-state index in [0.717, 1.165) is 22.7 Å². The van der Waals surface area contributed by atoms with E-state index in [1.54, 1.807) is 22.7 Å². The van der Waals surface area contributed by atoms with Gasteiger partial charge in [-0.2, -0.15) is 0 Å². The lowest BCUT2D eigenvalue weighted by atomic mass is 10.2. The Hall–Kier alpha value is -2.69. The van der Waals surface area contributed by atoms with Gasteiger partial charge in [0.25, 0.3) is 5.91 Å². The zero-order valence-corrected chi connectivity index (χ0v) is 11.3. The number of hydrogen-bond donors (Lipinski definition) is 1. The van der Waals surface area contributed by atoms with Crippen molar-refractivity contribution in [1.29, 1.82) is 0 Å². The molecule has 0 unspecified atom stereocenters. The molecule has 1 amide bonds. The van der Waals surface area contributed by atoms with E-state index in [9.17, 15) is 4.79 Å². The van der Waals surface area contributed by atoms with Crippen molar-refractivity contribution in [2.45, 2.75) is 13.8 Å². The van der Waals surface area contributed by atoms with Crippen LogP contribution in [0.2, 0.25) is 0 Å². The molecule has 0 spiro atoms. The van der Waals surface area contributed by atoms with Crippen LogP contribution in [0.15, 0.2) is 42.6 Å². The Balaban J connectivity index is 1.92. The van der Waals surface area contributed by atoms with Gasteiger partial charge in [0.05, 0.1) is 5.56 Å². The molecule has 0 radical (unpaired) electrons. The zero-order valence-electron chi connectivity index (χ0n) is 11.3. The van der Waals surface area contributed by atoms with Gasteiger partial charge in [-0.3, -0.25) is 9.20 Å². The molecule has 3 aromatic rings. The van der Waals surface area contributed by atoms with Gasteiger partial charge in [-0.25, -0.2) is 0 Å². The molecule has 20 heavy (non-hydrogen) atoms. The fourth-order valence-corrected chi connectivity index (χ4v) is 2.05. The summed E-state index contributed by atoms with van der Waals surface area (Å²) in [6, 6.07) is 11.2. The number of rotatable bonds is 2. The van der Waals surface area contributed by atoms with Crippen LogP contribution in [0.1, 0.15) is 21.7 Å². The van der Waals surface area contributed by atoms with Crippen LogP contribution in [0.4, 0.5) is 5.69 Å². The molecule has 0 saturated carbocycles. The first-order valence-electron chi connectivity index (χ1n) is 6.33. The summed E-state index contributed by atoms with van der Waals surface area (Å²) in [4.78, 5) is 12.3. The molecule has 0 aliphatic carbocycles. The normalized spacial score (nSPS) is 10.7. The van der Waals surface area contributed by atoms with E-state index in [4.69, 9.17) is 0 Å². The predicted molar refractivity (Wildman–Crippen MR) is 76.9 cm³/mol. The molecule has 0 atom stereocenters. The molecule has 0 fully saturated rings. The molecule has 3 rings (SSSR count). The van der Waals surface area contributed by atoms with E-state index in [2.05, 4.69) is 15.5 Å². The van der Waals surface area contributed by atoms with Gasteiger partial charge < -0.3 is 5.32 Å². The largest absolute Gasteiger partial charge is 0.322 e. The second-order valence-electron chi connectivity index (χ2n) is 4.66. The number of fused-ring (bicyclic) bond motifs is 1.